The predicted molar refractivity (Wildman–Crippen MR) is 103 cm³/mol. The zero-order valence-electron chi connectivity index (χ0n) is 14.3. The van der Waals surface area contributed by atoms with E-state index >= 15 is 0 Å². The van der Waals surface area contributed by atoms with Crippen molar-refractivity contribution in [3.05, 3.63) is 53.9 Å². The van der Waals surface area contributed by atoms with Gasteiger partial charge in [0.1, 0.15) is 5.84 Å². The maximum Gasteiger partial charge on any atom is 0.262 e. The summed E-state index contributed by atoms with van der Waals surface area (Å²) in [6.45, 7) is 0.621. The van der Waals surface area contributed by atoms with Gasteiger partial charge < -0.3 is 10.5 Å². The minimum atomic E-state index is -3.74. The van der Waals surface area contributed by atoms with Crippen molar-refractivity contribution in [1.29, 1.82) is 0 Å². The van der Waals surface area contributed by atoms with Gasteiger partial charge in [0.25, 0.3) is 15.0 Å². The summed E-state index contributed by atoms with van der Waals surface area (Å²) in [7, 11) is -3.74. The second-order valence-electron chi connectivity index (χ2n) is 5.77. The van der Waals surface area contributed by atoms with Crippen LogP contribution in [0.4, 0.5) is 5.69 Å². The molecule has 0 saturated heterocycles. The predicted octanol–water partition coefficient (Wildman–Crippen LogP) is 1.52. The van der Waals surface area contributed by atoms with Crippen molar-refractivity contribution < 1.29 is 17.9 Å². The first-order valence-electron chi connectivity index (χ1n) is 8.21. The summed E-state index contributed by atoms with van der Waals surface area (Å²) in [4.78, 5) is 16.3. The number of amidine groups is 1. The van der Waals surface area contributed by atoms with Gasteiger partial charge in [-0.3, -0.25) is 14.5 Å². The number of pyridine rings is 1. The van der Waals surface area contributed by atoms with Crippen molar-refractivity contribution in [2.45, 2.75) is 22.8 Å². The van der Waals surface area contributed by atoms with Gasteiger partial charge in [0.15, 0.2) is 6.20 Å². The number of benzene rings is 1. The van der Waals surface area contributed by atoms with Crippen LogP contribution < -0.4 is 14.8 Å². The number of nitrogens with one attached hydrogen (secondary N) is 2. The molecule has 1 aliphatic rings. The molecule has 1 aromatic carbocycles. The molecule has 8 nitrogen and oxygen atoms in total. The van der Waals surface area contributed by atoms with Gasteiger partial charge >= 0.3 is 0 Å². The first-order valence-corrected chi connectivity index (χ1v) is 10.7. The standard InChI is InChI=1S/C17H18N4O4S2/c22-16(12-26-17-8-1-2-10-21(17)23)19-13-5-3-6-14(11-13)27(24,25)20-15-7-4-9-18-15/h1-3,5-6,8,10-11H,4,7,9,12H2,(H,18,20)(H,19,22). The van der Waals surface area contributed by atoms with Crippen molar-refractivity contribution in [2.24, 2.45) is 4.99 Å². The van der Waals surface area contributed by atoms with Crippen LogP contribution in [0.3, 0.4) is 0 Å². The molecule has 0 atom stereocenters. The molecule has 1 aliphatic heterocycles. The van der Waals surface area contributed by atoms with E-state index in [1.54, 1.807) is 30.3 Å². The number of nitrogens with zero attached hydrogens (tertiary/aromatic N) is 2. The fourth-order valence-corrected chi connectivity index (χ4v) is 4.29. The van der Waals surface area contributed by atoms with Crippen LogP contribution in [0.25, 0.3) is 0 Å². The Kier molecular flexibility index (Phi) is 5.97. The summed E-state index contributed by atoms with van der Waals surface area (Å²) in [5.41, 5.74) is 0.361. The van der Waals surface area contributed by atoms with E-state index in [4.69, 9.17) is 0 Å². The van der Waals surface area contributed by atoms with Crippen LogP contribution >= 0.6 is 11.8 Å². The third-order valence-corrected chi connectivity index (χ3v) is 6.09. The largest absolute Gasteiger partial charge is 0.618 e. The number of carbonyl (C=O) groups is 1. The van der Waals surface area contributed by atoms with Crippen LogP contribution in [0, 0.1) is 5.21 Å². The molecule has 0 saturated carbocycles. The smallest absolute Gasteiger partial charge is 0.262 e. The van der Waals surface area contributed by atoms with Crippen LogP contribution in [0.1, 0.15) is 12.8 Å². The molecule has 0 spiro atoms. The third kappa shape index (κ3) is 5.20. The van der Waals surface area contributed by atoms with Gasteiger partial charge in [0, 0.05) is 30.8 Å². The Labute approximate surface area is 161 Å². The minimum absolute atomic E-state index is 0.0261. The summed E-state index contributed by atoms with van der Waals surface area (Å²) in [5.74, 6) is 0.138. The molecule has 0 fully saturated rings. The summed E-state index contributed by atoms with van der Waals surface area (Å²) >= 11 is 1.10. The average Bonchev–Trinajstić information content (AvgIpc) is 3.13. The topological polar surface area (TPSA) is 115 Å². The number of amides is 1. The molecule has 0 bridgehead atoms. The molecule has 2 N–H and O–H groups in total. The Hall–Kier alpha value is -2.59. The fraction of sp³-hybridized carbons (Fsp3) is 0.235. The van der Waals surface area contributed by atoms with Crippen LogP contribution in [0.15, 0.2) is 63.6 Å². The molecule has 1 amide bonds. The molecule has 1 aromatic heterocycles. The van der Waals surface area contributed by atoms with Gasteiger partial charge in [0.05, 0.1) is 10.6 Å². The molecule has 2 heterocycles. The number of carbonyl (C=O) groups excluding carboxylic acids is 1. The van der Waals surface area contributed by atoms with Crippen molar-refractivity contribution in [1.82, 2.24) is 4.72 Å². The van der Waals surface area contributed by atoms with Gasteiger partial charge in [-0.25, -0.2) is 8.42 Å². The molecule has 142 valence electrons. The summed E-state index contributed by atoms with van der Waals surface area (Å²) in [6.07, 6.45) is 2.79. The van der Waals surface area contributed by atoms with E-state index < -0.39 is 10.0 Å². The maximum absolute atomic E-state index is 12.4. The van der Waals surface area contributed by atoms with E-state index in [1.807, 2.05) is 0 Å². The number of sulfonamides is 1. The Morgan fingerprint density at radius 2 is 2.11 bits per heavy atom. The highest BCUT2D eigenvalue weighted by molar-refractivity contribution is 7.99. The van der Waals surface area contributed by atoms with Crippen LogP contribution in [-0.4, -0.2) is 32.5 Å². The monoisotopic (exact) mass is 406 g/mol. The number of aromatic nitrogens is 1. The Bertz CT molecular complexity index is 976. The molecular weight excluding hydrogens is 388 g/mol. The Morgan fingerprint density at radius 3 is 2.85 bits per heavy atom. The summed E-state index contributed by atoms with van der Waals surface area (Å²) in [6, 6.07) is 10.9. The highest BCUT2D eigenvalue weighted by Gasteiger charge is 2.19. The summed E-state index contributed by atoms with van der Waals surface area (Å²) < 4.78 is 28.0. The number of anilines is 1. The number of thioether (sulfide) groups is 1. The normalized spacial score (nSPS) is 13.9. The van der Waals surface area contributed by atoms with Crippen molar-refractivity contribution in [2.75, 3.05) is 17.6 Å². The van der Waals surface area contributed by atoms with Crippen LogP contribution in [0.2, 0.25) is 0 Å². The molecule has 0 unspecified atom stereocenters. The van der Waals surface area contributed by atoms with Gasteiger partial charge in [-0.05, 0) is 42.4 Å². The van der Waals surface area contributed by atoms with Gasteiger partial charge in [-0.15, -0.1) is 0 Å². The first-order chi connectivity index (χ1) is 12.9. The van der Waals surface area contributed by atoms with E-state index in [9.17, 15) is 18.4 Å². The van der Waals surface area contributed by atoms with Crippen molar-refractivity contribution in [3.8, 4) is 0 Å². The molecule has 27 heavy (non-hydrogen) atoms. The summed E-state index contributed by atoms with van der Waals surface area (Å²) in [5, 5.41) is 14.6. The van der Waals surface area contributed by atoms with E-state index in [0.717, 1.165) is 18.2 Å². The number of rotatable bonds is 6. The molecular formula is C17H18N4O4S2. The van der Waals surface area contributed by atoms with Crippen molar-refractivity contribution in [3.63, 3.8) is 0 Å². The second kappa shape index (κ2) is 8.40. The quantitative estimate of drug-likeness (QED) is 0.429. The lowest BCUT2D eigenvalue weighted by Crippen LogP contribution is -2.29. The molecule has 10 heteroatoms. The molecule has 2 aromatic rings. The number of aliphatic imine (C=N–C) groups is 1. The molecule has 0 aliphatic carbocycles. The lowest BCUT2D eigenvalue weighted by atomic mass is 10.3. The Balaban J connectivity index is 1.63. The molecule has 3 rings (SSSR count). The average molecular weight is 406 g/mol. The number of hydrogen-bond acceptors (Lipinski definition) is 6. The Morgan fingerprint density at radius 1 is 1.26 bits per heavy atom. The van der Waals surface area contributed by atoms with Crippen LogP contribution in [-0.2, 0) is 14.8 Å². The lowest BCUT2D eigenvalue weighted by Gasteiger charge is -2.10. The first kappa shape index (κ1) is 19.2. The van der Waals surface area contributed by atoms with E-state index in [0.29, 0.717) is 34.2 Å². The fourth-order valence-electron chi connectivity index (χ4n) is 2.44. The van der Waals surface area contributed by atoms with Gasteiger partial charge in [0.2, 0.25) is 5.91 Å². The lowest BCUT2D eigenvalue weighted by molar-refractivity contribution is -0.645. The highest BCUT2D eigenvalue weighted by Crippen LogP contribution is 2.18. The third-order valence-electron chi connectivity index (χ3n) is 3.69. The van der Waals surface area contributed by atoms with Gasteiger partial charge in [-0.1, -0.05) is 6.07 Å². The molecule has 0 radical (unpaired) electrons. The highest BCUT2D eigenvalue weighted by atomic mass is 32.2. The maximum atomic E-state index is 12.4. The van der Waals surface area contributed by atoms with Crippen molar-refractivity contribution >= 4 is 39.2 Å². The van der Waals surface area contributed by atoms with E-state index in [1.165, 1.54) is 18.3 Å². The van der Waals surface area contributed by atoms with Crippen LogP contribution in [0.5, 0.6) is 0 Å². The van der Waals surface area contributed by atoms with E-state index in [2.05, 4.69) is 15.0 Å². The number of hydrogen-bond donors (Lipinski definition) is 2. The SMILES string of the molecule is O=C(CSc1cccc[n+]1[O-])Nc1cccc(S(=O)(=O)NC2=NCCC2)c1. The van der Waals surface area contributed by atoms with Gasteiger partial charge in [-0.2, -0.15) is 4.73 Å². The minimum Gasteiger partial charge on any atom is -0.618 e. The zero-order chi connectivity index (χ0) is 19.3. The van der Waals surface area contributed by atoms with E-state index in [-0.39, 0.29) is 16.6 Å². The zero-order valence-corrected chi connectivity index (χ0v) is 15.9. The second-order valence-corrected chi connectivity index (χ2v) is 8.44.